The van der Waals surface area contributed by atoms with Crippen molar-refractivity contribution in [1.82, 2.24) is 0 Å². The topological polar surface area (TPSA) is 89.6 Å². The third-order valence-electron chi connectivity index (χ3n) is 3.79. The number of hydrogen-bond acceptors (Lipinski definition) is 4. The minimum absolute atomic E-state index is 0.00236. The van der Waals surface area contributed by atoms with Gasteiger partial charge in [-0.05, 0) is 23.8 Å². The van der Waals surface area contributed by atoms with Crippen LogP contribution in [0, 0.1) is 0 Å². The summed E-state index contributed by atoms with van der Waals surface area (Å²) in [5.74, 6) is -1.39. The Morgan fingerprint density at radius 1 is 1.04 bits per heavy atom. The molecule has 0 aromatic heterocycles. The fourth-order valence-electron chi connectivity index (χ4n) is 2.46. The molecule has 3 aromatic carbocycles. The number of amides is 1. The Balaban J connectivity index is 1.80. The van der Waals surface area contributed by atoms with Crippen molar-refractivity contribution in [3.05, 3.63) is 76.3 Å². The van der Waals surface area contributed by atoms with E-state index in [1.165, 1.54) is 6.07 Å². The van der Waals surface area contributed by atoms with Crippen LogP contribution in [0.3, 0.4) is 0 Å². The Kier molecular flexibility index (Phi) is 4.59. The molecule has 0 aliphatic heterocycles. The summed E-state index contributed by atoms with van der Waals surface area (Å²) in [6.07, 6.45) is 0. The molecule has 0 atom stereocenters. The van der Waals surface area contributed by atoms with Gasteiger partial charge in [0.05, 0.1) is 0 Å². The number of carbonyl (C=O) groups excluding carboxylic acids is 2. The summed E-state index contributed by atoms with van der Waals surface area (Å²) < 4.78 is 5.23. The molecule has 0 fully saturated rings. The van der Waals surface area contributed by atoms with Crippen molar-refractivity contribution in [2.24, 2.45) is 5.73 Å². The first kappa shape index (κ1) is 16.8. The van der Waals surface area contributed by atoms with Crippen LogP contribution in [0.1, 0.15) is 26.3 Å². The maximum atomic E-state index is 12.3. The predicted octanol–water partition coefficient (Wildman–Crippen LogP) is 3.65. The Labute approximate surface area is 148 Å². The fraction of sp³-hybridized carbons (Fsp3) is 0.0526. The lowest BCUT2D eigenvalue weighted by atomic mass is 10.1. The van der Waals surface area contributed by atoms with E-state index >= 15 is 0 Å². The standard InChI is InChI=1S/C19H14ClNO4/c20-16-9-15(17(22)14-4-2-1-3-13(14)16)19(24)25-10-11-5-7-12(8-6-11)18(21)23/h1-9,22H,10H2,(H2,21,23). The molecule has 3 N–H and O–H groups in total. The van der Waals surface area contributed by atoms with Crippen LogP contribution < -0.4 is 5.73 Å². The number of carbonyl (C=O) groups is 2. The summed E-state index contributed by atoms with van der Waals surface area (Å²) in [5, 5.41) is 11.8. The summed E-state index contributed by atoms with van der Waals surface area (Å²) in [5.41, 5.74) is 6.23. The summed E-state index contributed by atoms with van der Waals surface area (Å²) in [6.45, 7) is -0.0121. The van der Waals surface area contributed by atoms with Crippen LogP contribution >= 0.6 is 11.6 Å². The highest BCUT2D eigenvalue weighted by Crippen LogP contribution is 2.34. The van der Waals surface area contributed by atoms with Gasteiger partial charge >= 0.3 is 5.97 Å². The van der Waals surface area contributed by atoms with Crippen LogP contribution in [0.2, 0.25) is 5.02 Å². The zero-order valence-corrected chi connectivity index (χ0v) is 13.8. The van der Waals surface area contributed by atoms with Gasteiger partial charge in [-0.25, -0.2) is 4.79 Å². The second-order valence-corrected chi connectivity index (χ2v) is 5.84. The second kappa shape index (κ2) is 6.83. The predicted molar refractivity (Wildman–Crippen MR) is 94.7 cm³/mol. The van der Waals surface area contributed by atoms with Gasteiger partial charge in [0.1, 0.15) is 17.9 Å². The molecule has 0 saturated heterocycles. The van der Waals surface area contributed by atoms with E-state index in [9.17, 15) is 14.7 Å². The van der Waals surface area contributed by atoms with E-state index in [4.69, 9.17) is 22.1 Å². The van der Waals surface area contributed by atoms with Gasteiger partial charge in [-0.2, -0.15) is 0 Å². The van der Waals surface area contributed by atoms with Crippen molar-refractivity contribution in [3.8, 4) is 5.75 Å². The van der Waals surface area contributed by atoms with Gasteiger partial charge in [0, 0.05) is 21.4 Å². The molecule has 3 aromatic rings. The zero-order chi connectivity index (χ0) is 18.0. The second-order valence-electron chi connectivity index (χ2n) is 5.44. The number of nitrogens with two attached hydrogens (primary N) is 1. The van der Waals surface area contributed by atoms with Crippen molar-refractivity contribution in [2.75, 3.05) is 0 Å². The molecule has 126 valence electrons. The lowest BCUT2D eigenvalue weighted by Gasteiger charge is -2.10. The van der Waals surface area contributed by atoms with E-state index in [2.05, 4.69) is 0 Å². The summed E-state index contributed by atoms with van der Waals surface area (Å²) in [6, 6.07) is 14.7. The van der Waals surface area contributed by atoms with Gasteiger partial charge in [-0.3, -0.25) is 4.79 Å². The minimum Gasteiger partial charge on any atom is -0.506 e. The number of primary amides is 1. The van der Waals surface area contributed by atoms with Crippen LogP contribution in [-0.2, 0) is 11.3 Å². The van der Waals surface area contributed by atoms with Crippen LogP contribution in [0.4, 0.5) is 0 Å². The lowest BCUT2D eigenvalue weighted by Crippen LogP contribution is -2.11. The highest BCUT2D eigenvalue weighted by atomic mass is 35.5. The molecule has 5 nitrogen and oxygen atoms in total. The number of phenols is 1. The third kappa shape index (κ3) is 3.41. The molecule has 0 unspecified atom stereocenters. The van der Waals surface area contributed by atoms with Crippen molar-refractivity contribution in [2.45, 2.75) is 6.61 Å². The summed E-state index contributed by atoms with van der Waals surface area (Å²) in [4.78, 5) is 23.3. The molecule has 0 bridgehead atoms. The number of hydrogen-bond donors (Lipinski definition) is 2. The SMILES string of the molecule is NC(=O)c1ccc(COC(=O)c2cc(Cl)c3ccccc3c2O)cc1. The number of rotatable bonds is 4. The number of halogens is 1. The normalized spacial score (nSPS) is 10.6. The zero-order valence-electron chi connectivity index (χ0n) is 13.0. The number of esters is 1. The summed E-state index contributed by atoms with van der Waals surface area (Å²) in [7, 11) is 0. The Bertz CT molecular complexity index is 967. The monoisotopic (exact) mass is 355 g/mol. The molecule has 6 heteroatoms. The Hall–Kier alpha value is -3.05. The van der Waals surface area contributed by atoms with Crippen LogP contribution in [0.25, 0.3) is 10.8 Å². The average molecular weight is 356 g/mol. The first-order chi connectivity index (χ1) is 12.0. The average Bonchev–Trinajstić information content (AvgIpc) is 2.63. The fourth-order valence-corrected chi connectivity index (χ4v) is 2.74. The smallest absolute Gasteiger partial charge is 0.342 e. The van der Waals surface area contributed by atoms with E-state index in [1.54, 1.807) is 48.5 Å². The highest BCUT2D eigenvalue weighted by molar-refractivity contribution is 6.36. The molecular formula is C19H14ClNO4. The van der Waals surface area contributed by atoms with Crippen molar-refractivity contribution < 1.29 is 19.4 Å². The van der Waals surface area contributed by atoms with E-state index < -0.39 is 11.9 Å². The molecule has 0 radical (unpaired) electrons. The van der Waals surface area contributed by atoms with Crippen LogP contribution in [-0.4, -0.2) is 17.0 Å². The van der Waals surface area contributed by atoms with Gasteiger partial charge in [-0.1, -0.05) is 48.0 Å². The molecule has 0 spiro atoms. The van der Waals surface area contributed by atoms with E-state index in [1.807, 2.05) is 0 Å². The number of fused-ring (bicyclic) bond motifs is 1. The van der Waals surface area contributed by atoms with E-state index in [0.717, 1.165) is 0 Å². The largest absolute Gasteiger partial charge is 0.506 e. The maximum Gasteiger partial charge on any atom is 0.342 e. The summed E-state index contributed by atoms with van der Waals surface area (Å²) >= 11 is 6.18. The van der Waals surface area contributed by atoms with Gasteiger partial charge in [0.15, 0.2) is 0 Å². The van der Waals surface area contributed by atoms with Crippen LogP contribution in [0.5, 0.6) is 5.75 Å². The molecule has 0 saturated carbocycles. The Morgan fingerprint density at radius 2 is 1.68 bits per heavy atom. The number of ether oxygens (including phenoxy) is 1. The molecule has 0 aliphatic carbocycles. The molecule has 1 amide bonds. The molecular weight excluding hydrogens is 342 g/mol. The molecule has 0 heterocycles. The third-order valence-corrected chi connectivity index (χ3v) is 4.11. The van der Waals surface area contributed by atoms with Gasteiger partial charge in [0.25, 0.3) is 0 Å². The van der Waals surface area contributed by atoms with Crippen LogP contribution in [0.15, 0.2) is 54.6 Å². The lowest BCUT2D eigenvalue weighted by molar-refractivity contribution is 0.0469. The van der Waals surface area contributed by atoms with Gasteiger partial charge < -0.3 is 15.6 Å². The first-order valence-electron chi connectivity index (χ1n) is 7.43. The van der Waals surface area contributed by atoms with E-state index in [-0.39, 0.29) is 17.9 Å². The van der Waals surface area contributed by atoms with Gasteiger partial charge in [0.2, 0.25) is 5.91 Å². The highest BCUT2D eigenvalue weighted by Gasteiger charge is 2.17. The number of benzene rings is 3. The van der Waals surface area contributed by atoms with Crippen molar-refractivity contribution in [3.63, 3.8) is 0 Å². The van der Waals surface area contributed by atoms with Gasteiger partial charge in [-0.15, -0.1) is 0 Å². The van der Waals surface area contributed by atoms with Crippen molar-refractivity contribution >= 4 is 34.2 Å². The van der Waals surface area contributed by atoms with Crippen molar-refractivity contribution in [1.29, 1.82) is 0 Å². The molecule has 25 heavy (non-hydrogen) atoms. The minimum atomic E-state index is -0.691. The Morgan fingerprint density at radius 3 is 2.32 bits per heavy atom. The first-order valence-corrected chi connectivity index (χ1v) is 7.81. The number of aromatic hydroxyl groups is 1. The maximum absolute atomic E-state index is 12.3. The molecule has 3 rings (SSSR count). The molecule has 0 aliphatic rings. The number of phenolic OH excluding ortho intramolecular Hbond substituents is 1. The van der Waals surface area contributed by atoms with E-state index in [0.29, 0.717) is 26.9 Å². The quantitative estimate of drug-likeness (QED) is 0.699.